The minimum absolute atomic E-state index is 0.0367. The Bertz CT molecular complexity index is 1250. The Kier molecular flexibility index (Phi) is 5.43. The predicted octanol–water partition coefficient (Wildman–Crippen LogP) is 6.45. The first-order chi connectivity index (χ1) is 16.6. The number of halogens is 1. The lowest BCUT2D eigenvalue weighted by atomic mass is 9.89. The highest BCUT2D eigenvalue weighted by Crippen LogP contribution is 2.44. The van der Waals surface area contributed by atoms with Gasteiger partial charge in [0, 0.05) is 10.9 Å². The first kappa shape index (κ1) is 21.5. The second-order valence-electron chi connectivity index (χ2n) is 9.33. The number of amides is 1. The molecule has 4 nitrogen and oxygen atoms in total. The van der Waals surface area contributed by atoms with Gasteiger partial charge in [-0.15, -0.1) is 0 Å². The lowest BCUT2D eigenvalue weighted by Gasteiger charge is -2.44. The van der Waals surface area contributed by atoms with E-state index in [4.69, 9.17) is 21.1 Å². The van der Waals surface area contributed by atoms with Crippen molar-refractivity contribution in [2.45, 2.75) is 31.3 Å². The Morgan fingerprint density at radius 3 is 2.41 bits per heavy atom. The van der Waals surface area contributed by atoms with E-state index in [0.717, 1.165) is 22.6 Å². The number of morpholine rings is 1. The van der Waals surface area contributed by atoms with E-state index in [1.807, 2.05) is 17.9 Å². The van der Waals surface area contributed by atoms with Crippen LogP contribution in [0.15, 0.2) is 72.8 Å². The molecule has 6 rings (SSSR count). The molecule has 1 saturated heterocycles. The Morgan fingerprint density at radius 1 is 1.03 bits per heavy atom. The zero-order valence-electron chi connectivity index (χ0n) is 19.0. The summed E-state index contributed by atoms with van der Waals surface area (Å²) in [5.74, 6) is 0.0559. The minimum atomic E-state index is -0.261. The van der Waals surface area contributed by atoms with Crippen LogP contribution in [0.1, 0.15) is 34.6 Å². The number of aryl methyl sites for hydroxylation is 1. The summed E-state index contributed by atoms with van der Waals surface area (Å²) in [5, 5.41) is 0.768. The number of carbonyl (C=O) groups excluding carboxylic acids is 1. The molecule has 2 aliphatic heterocycles. The van der Waals surface area contributed by atoms with Crippen molar-refractivity contribution >= 4 is 23.3 Å². The summed E-state index contributed by atoms with van der Waals surface area (Å²) in [5.41, 5.74) is 8.35. The molecule has 1 fully saturated rings. The van der Waals surface area contributed by atoms with Crippen LogP contribution in [0, 0.1) is 6.92 Å². The zero-order chi connectivity index (χ0) is 23.2. The Balaban J connectivity index is 1.22. The molecule has 2 heterocycles. The second kappa shape index (κ2) is 8.61. The summed E-state index contributed by atoms with van der Waals surface area (Å²) < 4.78 is 11.8. The lowest BCUT2D eigenvalue weighted by Crippen LogP contribution is -2.56. The zero-order valence-corrected chi connectivity index (χ0v) is 19.8. The highest BCUT2D eigenvalue weighted by atomic mass is 35.5. The van der Waals surface area contributed by atoms with Crippen LogP contribution in [0.25, 0.3) is 16.7 Å². The standard InChI is InChI=1S/C29H26ClNO3/c1-18-12-19(10-11-28(18)30)20-13-21-15-33-16-22(14-20)31(21)29(32)34-17-27-25-8-4-2-6-23(25)24-7-3-5-9-26(24)27/h2-13,21-22,27H,14-17H2,1H3. The Morgan fingerprint density at radius 2 is 1.74 bits per heavy atom. The molecule has 0 spiro atoms. The van der Waals surface area contributed by atoms with Gasteiger partial charge in [-0.3, -0.25) is 4.90 Å². The molecular formula is C29H26ClNO3. The van der Waals surface area contributed by atoms with Crippen molar-refractivity contribution < 1.29 is 14.3 Å². The fraction of sp³-hybridized carbons (Fsp3) is 0.276. The van der Waals surface area contributed by atoms with E-state index in [0.29, 0.717) is 19.8 Å². The molecule has 5 heteroatoms. The van der Waals surface area contributed by atoms with Crippen LogP contribution in [0.5, 0.6) is 0 Å². The number of fused-ring (bicyclic) bond motifs is 5. The molecule has 0 aromatic heterocycles. The molecule has 34 heavy (non-hydrogen) atoms. The predicted molar refractivity (Wildman–Crippen MR) is 134 cm³/mol. The molecule has 3 aromatic rings. The lowest BCUT2D eigenvalue weighted by molar-refractivity contribution is -0.0331. The van der Waals surface area contributed by atoms with Crippen LogP contribution in [-0.4, -0.2) is 42.9 Å². The summed E-state index contributed by atoms with van der Waals surface area (Å²) in [7, 11) is 0. The van der Waals surface area contributed by atoms with Crippen LogP contribution in [0.3, 0.4) is 0 Å². The maximum atomic E-state index is 13.3. The third-order valence-electron chi connectivity index (χ3n) is 7.27. The fourth-order valence-electron chi connectivity index (χ4n) is 5.61. The molecule has 1 aliphatic carbocycles. The monoisotopic (exact) mass is 471 g/mol. The number of benzene rings is 3. The highest BCUT2D eigenvalue weighted by molar-refractivity contribution is 6.31. The molecule has 3 aliphatic rings. The second-order valence-corrected chi connectivity index (χ2v) is 9.74. The van der Waals surface area contributed by atoms with Crippen molar-refractivity contribution in [3.05, 3.63) is 100 Å². The number of carbonyl (C=O) groups is 1. The number of hydrogen-bond donors (Lipinski definition) is 0. The highest BCUT2D eigenvalue weighted by Gasteiger charge is 2.40. The minimum Gasteiger partial charge on any atom is -0.448 e. The first-order valence-electron chi connectivity index (χ1n) is 11.8. The summed E-state index contributed by atoms with van der Waals surface area (Å²) >= 11 is 6.22. The SMILES string of the molecule is Cc1cc(C2=CC3COCC(C2)N3C(=O)OCC2c3ccccc3-c3ccccc32)ccc1Cl. The van der Waals surface area contributed by atoms with Crippen LogP contribution in [0.4, 0.5) is 4.79 Å². The van der Waals surface area contributed by atoms with Gasteiger partial charge in [0.25, 0.3) is 0 Å². The molecule has 0 saturated carbocycles. The van der Waals surface area contributed by atoms with Gasteiger partial charge in [0.2, 0.25) is 0 Å². The number of ether oxygens (including phenoxy) is 2. The van der Waals surface area contributed by atoms with Gasteiger partial charge >= 0.3 is 6.09 Å². The van der Waals surface area contributed by atoms with Crippen molar-refractivity contribution in [2.75, 3.05) is 19.8 Å². The van der Waals surface area contributed by atoms with Gasteiger partial charge < -0.3 is 9.47 Å². The third kappa shape index (κ3) is 3.62. The average molecular weight is 472 g/mol. The molecule has 2 unspecified atom stereocenters. The van der Waals surface area contributed by atoms with E-state index in [-0.39, 0.29) is 24.1 Å². The van der Waals surface area contributed by atoms with Crippen molar-refractivity contribution in [1.29, 1.82) is 0 Å². The van der Waals surface area contributed by atoms with Crippen molar-refractivity contribution in [3.8, 4) is 11.1 Å². The van der Waals surface area contributed by atoms with Gasteiger partial charge in [0.15, 0.2) is 0 Å². The van der Waals surface area contributed by atoms with E-state index < -0.39 is 0 Å². The van der Waals surface area contributed by atoms with Gasteiger partial charge in [-0.05, 0) is 58.4 Å². The number of nitrogens with zero attached hydrogens (tertiary/aromatic N) is 1. The third-order valence-corrected chi connectivity index (χ3v) is 7.70. The average Bonchev–Trinajstić information content (AvgIpc) is 3.17. The van der Waals surface area contributed by atoms with E-state index in [2.05, 4.69) is 66.7 Å². The van der Waals surface area contributed by atoms with Gasteiger partial charge in [-0.25, -0.2) is 4.79 Å². The normalized spacial score (nSPS) is 21.0. The van der Waals surface area contributed by atoms with Crippen LogP contribution in [0.2, 0.25) is 5.02 Å². The Labute approximate surface area is 204 Å². The molecule has 3 aromatic carbocycles. The van der Waals surface area contributed by atoms with Crippen molar-refractivity contribution in [2.24, 2.45) is 0 Å². The van der Waals surface area contributed by atoms with Crippen LogP contribution < -0.4 is 0 Å². The summed E-state index contributed by atoms with van der Waals surface area (Å²) in [6.07, 6.45) is 2.63. The maximum absolute atomic E-state index is 13.3. The van der Waals surface area contributed by atoms with Gasteiger partial charge in [0.05, 0.1) is 25.3 Å². The molecule has 1 amide bonds. The molecular weight excluding hydrogens is 446 g/mol. The molecule has 2 atom stereocenters. The quantitative estimate of drug-likeness (QED) is 0.440. The summed E-state index contributed by atoms with van der Waals surface area (Å²) in [6, 6.07) is 22.7. The molecule has 0 radical (unpaired) electrons. The fourth-order valence-corrected chi connectivity index (χ4v) is 5.73. The summed E-state index contributed by atoms with van der Waals surface area (Å²) in [6.45, 7) is 3.35. The van der Waals surface area contributed by atoms with Gasteiger partial charge in [-0.2, -0.15) is 0 Å². The van der Waals surface area contributed by atoms with Crippen molar-refractivity contribution in [3.63, 3.8) is 0 Å². The smallest absolute Gasteiger partial charge is 0.410 e. The van der Waals surface area contributed by atoms with Gasteiger partial charge in [-0.1, -0.05) is 78.3 Å². The molecule has 0 N–H and O–H groups in total. The topological polar surface area (TPSA) is 38.8 Å². The van der Waals surface area contributed by atoms with E-state index in [9.17, 15) is 4.79 Å². The summed E-state index contributed by atoms with van der Waals surface area (Å²) in [4.78, 5) is 15.2. The largest absolute Gasteiger partial charge is 0.448 e. The van der Waals surface area contributed by atoms with E-state index in [1.165, 1.54) is 27.8 Å². The molecule has 2 bridgehead atoms. The van der Waals surface area contributed by atoms with Crippen LogP contribution >= 0.6 is 11.6 Å². The Hall–Kier alpha value is -3.08. The van der Waals surface area contributed by atoms with E-state index in [1.54, 1.807) is 0 Å². The first-order valence-corrected chi connectivity index (χ1v) is 12.2. The maximum Gasteiger partial charge on any atom is 0.410 e. The number of hydrogen-bond acceptors (Lipinski definition) is 3. The van der Waals surface area contributed by atoms with Crippen molar-refractivity contribution in [1.82, 2.24) is 4.90 Å². The van der Waals surface area contributed by atoms with Crippen LogP contribution in [-0.2, 0) is 9.47 Å². The molecule has 172 valence electrons. The van der Waals surface area contributed by atoms with E-state index >= 15 is 0 Å². The number of rotatable bonds is 3. The van der Waals surface area contributed by atoms with Gasteiger partial charge in [0.1, 0.15) is 6.61 Å².